The number of esters is 1. The highest BCUT2D eigenvalue weighted by atomic mass is 16.5. The number of hydrogen-bond acceptors (Lipinski definition) is 6. The molecule has 0 atom stereocenters. The SMILES string of the molecule is COC(=O)C1=C2N=c3cccnc3=C2N=N1. The minimum atomic E-state index is -0.537. The van der Waals surface area contributed by atoms with E-state index >= 15 is 0 Å². The van der Waals surface area contributed by atoms with E-state index < -0.39 is 5.97 Å². The minimum absolute atomic E-state index is 0.135. The zero-order chi connectivity index (χ0) is 11.1. The fraction of sp³-hybridized carbons (Fsp3) is 0.100. The molecular formula is C10H6N4O2. The number of pyridine rings is 1. The Morgan fingerprint density at radius 1 is 1.31 bits per heavy atom. The fourth-order valence-corrected chi connectivity index (χ4v) is 1.60. The summed E-state index contributed by atoms with van der Waals surface area (Å²) in [7, 11) is 1.30. The van der Waals surface area contributed by atoms with Crippen LogP contribution in [0.3, 0.4) is 0 Å². The monoisotopic (exact) mass is 214 g/mol. The number of hydrogen-bond donors (Lipinski definition) is 0. The number of nitrogens with zero attached hydrogens (tertiary/aromatic N) is 4. The summed E-state index contributed by atoms with van der Waals surface area (Å²) < 4.78 is 4.60. The second kappa shape index (κ2) is 3.06. The van der Waals surface area contributed by atoms with Crippen LogP contribution in [-0.4, -0.2) is 18.1 Å². The maximum atomic E-state index is 11.4. The van der Waals surface area contributed by atoms with Gasteiger partial charge < -0.3 is 4.74 Å². The average Bonchev–Trinajstić information content (AvgIpc) is 2.86. The minimum Gasteiger partial charge on any atom is -0.464 e. The van der Waals surface area contributed by atoms with Crippen molar-refractivity contribution in [3.05, 3.63) is 40.4 Å². The van der Waals surface area contributed by atoms with E-state index in [-0.39, 0.29) is 5.70 Å². The van der Waals surface area contributed by atoms with Crippen LogP contribution in [-0.2, 0) is 9.53 Å². The highest BCUT2D eigenvalue weighted by molar-refractivity contribution is 5.93. The fourth-order valence-electron chi connectivity index (χ4n) is 1.60. The third-order valence-electron chi connectivity index (χ3n) is 2.32. The van der Waals surface area contributed by atoms with Crippen molar-refractivity contribution in [2.24, 2.45) is 15.2 Å². The topological polar surface area (TPSA) is 76.3 Å². The summed E-state index contributed by atoms with van der Waals surface area (Å²) in [5.41, 5.74) is 1.12. The van der Waals surface area contributed by atoms with E-state index in [9.17, 15) is 4.79 Å². The maximum Gasteiger partial charge on any atom is 0.360 e. The summed E-state index contributed by atoms with van der Waals surface area (Å²) in [4.78, 5) is 19.8. The normalized spacial score (nSPS) is 15.9. The van der Waals surface area contributed by atoms with Gasteiger partial charge in [-0.1, -0.05) is 0 Å². The Hall–Kier alpha value is -2.37. The Morgan fingerprint density at radius 2 is 2.19 bits per heavy atom. The number of ether oxygens (including phenoxy) is 1. The number of carbonyl (C=O) groups is 1. The molecule has 6 heteroatoms. The molecule has 0 spiro atoms. The summed E-state index contributed by atoms with van der Waals surface area (Å²) in [5.74, 6) is -0.537. The molecular weight excluding hydrogens is 208 g/mol. The highest BCUT2D eigenvalue weighted by Gasteiger charge is 2.28. The molecule has 78 valence electrons. The van der Waals surface area contributed by atoms with Crippen molar-refractivity contribution >= 4 is 11.7 Å². The first-order chi connectivity index (χ1) is 7.81. The Kier molecular flexibility index (Phi) is 1.70. The van der Waals surface area contributed by atoms with Crippen LogP contribution in [0.4, 0.5) is 0 Å². The van der Waals surface area contributed by atoms with Crippen LogP contribution in [0.5, 0.6) is 0 Å². The zero-order valence-electron chi connectivity index (χ0n) is 8.34. The molecule has 6 nitrogen and oxygen atoms in total. The average molecular weight is 214 g/mol. The van der Waals surface area contributed by atoms with Crippen molar-refractivity contribution < 1.29 is 9.53 Å². The molecule has 3 rings (SSSR count). The van der Waals surface area contributed by atoms with E-state index in [2.05, 4.69) is 24.9 Å². The van der Waals surface area contributed by atoms with Gasteiger partial charge in [0.1, 0.15) is 16.7 Å². The van der Waals surface area contributed by atoms with Gasteiger partial charge in [0.25, 0.3) is 0 Å². The van der Waals surface area contributed by atoms with Crippen molar-refractivity contribution in [2.45, 2.75) is 0 Å². The van der Waals surface area contributed by atoms with Crippen LogP contribution in [0, 0.1) is 0 Å². The molecule has 0 amide bonds. The Labute approximate surface area is 89.7 Å². The van der Waals surface area contributed by atoms with E-state index in [1.807, 2.05) is 6.07 Å². The molecule has 0 saturated heterocycles. The van der Waals surface area contributed by atoms with Crippen molar-refractivity contribution in [3.63, 3.8) is 0 Å². The number of fused-ring (bicyclic) bond motifs is 2. The first-order valence-corrected chi connectivity index (χ1v) is 4.60. The van der Waals surface area contributed by atoms with Crippen molar-refractivity contribution in [2.75, 3.05) is 7.11 Å². The van der Waals surface area contributed by atoms with Crippen LogP contribution in [0.2, 0.25) is 0 Å². The lowest BCUT2D eigenvalue weighted by atomic mass is 10.3. The van der Waals surface area contributed by atoms with Crippen LogP contribution < -0.4 is 10.7 Å². The molecule has 1 aromatic rings. The molecule has 3 heterocycles. The first kappa shape index (κ1) is 8.90. The van der Waals surface area contributed by atoms with E-state index in [0.29, 0.717) is 22.1 Å². The molecule has 0 fully saturated rings. The molecule has 1 aromatic heterocycles. The Balaban J connectivity index is 2.32. The lowest BCUT2D eigenvalue weighted by Crippen LogP contribution is -2.25. The molecule has 0 aromatic carbocycles. The summed E-state index contributed by atoms with van der Waals surface area (Å²) >= 11 is 0. The van der Waals surface area contributed by atoms with Crippen LogP contribution in [0.25, 0.3) is 5.70 Å². The van der Waals surface area contributed by atoms with Gasteiger partial charge >= 0.3 is 5.97 Å². The molecule has 0 aliphatic carbocycles. The first-order valence-electron chi connectivity index (χ1n) is 4.60. The number of carbonyl (C=O) groups excluding carboxylic acids is 1. The number of azo groups is 1. The van der Waals surface area contributed by atoms with Crippen LogP contribution >= 0.6 is 0 Å². The lowest BCUT2D eigenvalue weighted by molar-refractivity contribution is -0.136. The zero-order valence-corrected chi connectivity index (χ0v) is 8.34. The van der Waals surface area contributed by atoms with Crippen LogP contribution in [0.1, 0.15) is 0 Å². The quantitative estimate of drug-likeness (QED) is 0.601. The third-order valence-corrected chi connectivity index (χ3v) is 2.32. The molecule has 2 aliphatic rings. The van der Waals surface area contributed by atoms with E-state index in [1.165, 1.54) is 7.11 Å². The number of rotatable bonds is 1. The Bertz CT molecular complexity index is 672. The molecule has 0 N–H and O–H groups in total. The van der Waals surface area contributed by atoms with Gasteiger partial charge in [0.2, 0.25) is 0 Å². The maximum absolute atomic E-state index is 11.4. The molecule has 2 aliphatic heterocycles. The lowest BCUT2D eigenvalue weighted by Gasteiger charge is -1.94. The molecule has 0 radical (unpaired) electrons. The van der Waals surface area contributed by atoms with Gasteiger partial charge in [0.15, 0.2) is 5.70 Å². The van der Waals surface area contributed by atoms with E-state index in [0.717, 1.165) is 0 Å². The summed E-state index contributed by atoms with van der Waals surface area (Å²) in [6.45, 7) is 0. The van der Waals surface area contributed by atoms with Gasteiger partial charge in [-0.05, 0) is 12.1 Å². The number of methoxy groups -OCH3 is 1. The molecule has 0 unspecified atom stereocenters. The summed E-state index contributed by atoms with van der Waals surface area (Å²) in [6.07, 6.45) is 1.65. The smallest absolute Gasteiger partial charge is 0.360 e. The summed E-state index contributed by atoms with van der Waals surface area (Å²) in [5, 5.41) is 9.00. The van der Waals surface area contributed by atoms with Crippen molar-refractivity contribution in [1.29, 1.82) is 0 Å². The molecule has 16 heavy (non-hydrogen) atoms. The molecule has 0 bridgehead atoms. The van der Waals surface area contributed by atoms with Gasteiger partial charge in [-0.2, -0.15) is 0 Å². The van der Waals surface area contributed by atoms with Gasteiger partial charge in [-0.15, -0.1) is 10.2 Å². The largest absolute Gasteiger partial charge is 0.464 e. The van der Waals surface area contributed by atoms with Gasteiger partial charge in [-0.25, -0.2) is 9.79 Å². The third kappa shape index (κ3) is 1.04. The number of aromatic nitrogens is 1. The van der Waals surface area contributed by atoms with Gasteiger partial charge in [-0.3, -0.25) is 4.98 Å². The van der Waals surface area contributed by atoms with Crippen molar-refractivity contribution in [1.82, 2.24) is 4.98 Å². The van der Waals surface area contributed by atoms with Crippen LogP contribution in [0.15, 0.2) is 44.9 Å². The van der Waals surface area contributed by atoms with E-state index in [4.69, 9.17) is 0 Å². The van der Waals surface area contributed by atoms with Gasteiger partial charge in [0.05, 0.1) is 12.5 Å². The van der Waals surface area contributed by atoms with E-state index in [1.54, 1.807) is 12.3 Å². The van der Waals surface area contributed by atoms with Gasteiger partial charge in [0, 0.05) is 6.20 Å². The Morgan fingerprint density at radius 3 is 3.00 bits per heavy atom. The standard InChI is InChI=1S/C10H6N4O2/c1-16-10(15)9-7-8(13-14-9)6-5(12-7)3-2-4-11-6/h2-4H,1H3. The predicted octanol–water partition coefficient (Wildman–Crippen LogP) is -0.327. The van der Waals surface area contributed by atoms with Crippen molar-refractivity contribution in [3.8, 4) is 0 Å². The highest BCUT2D eigenvalue weighted by Crippen LogP contribution is 2.28. The second-order valence-corrected chi connectivity index (χ2v) is 3.22. The second-order valence-electron chi connectivity index (χ2n) is 3.22. The molecule has 0 saturated carbocycles. The summed E-state index contributed by atoms with van der Waals surface area (Å²) in [6, 6.07) is 3.59. The predicted molar refractivity (Wildman–Crippen MR) is 52.3 cm³/mol.